The zero-order chi connectivity index (χ0) is 11.5. The first-order valence-electron chi connectivity index (χ1n) is 4.50. The molecule has 2 rings (SSSR count). The number of nitrogens with zero attached hydrogens (tertiary/aromatic N) is 4. The van der Waals surface area contributed by atoms with Crippen LogP contribution in [0.25, 0.3) is 0 Å². The van der Waals surface area contributed by atoms with E-state index in [4.69, 9.17) is 10.8 Å². The Hall–Kier alpha value is -2.44. The van der Waals surface area contributed by atoms with E-state index in [2.05, 4.69) is 15.5 Å². The Kier molecular flexibility index (Phi) is 2.50. The molecule has 0 radical (unpaired) electrons. The highest BCUT2D eigenvalue weighted by Crippen LogP contribution is 2.07. The lowest BCUT2D eigenvalue weighted by molar-refractivity contribution is 0.0696. The summed E-state index contributed by atoms with van der Waals surface area (Å²) in [7, 11) is 0. The first-order chi connectivity index (χ1) is 7.66. The average molecular weight is 219 g/mol. The van der Waals surface area contributed by atoms with E-state index < -0.39 is 5.97 Å². The topological polar surface area (TPSA) is 107 Å². The number of carboxylic acid groups (broad SMARTS) is 1. The summed E-state index contributed by atoms with van der Waals surface area (Å²) in [6, 6.07) is 6.53. The minimum atomic E-state index is -0.966. The second kappa shape index (κ2) is 3.97. The molecule has 3 N–H and O–H groups in total. The van der Waals surface area contributed by atoms with E-state index >= 15 is 0 Å². The number of nitrogens with two attached hydrogens (primary N) is 1. The van der Waals surface area contributed by atoms with Crippen molar-refractivity contribution in [1.82, 2.24) is 20.2 Å². The number of carboxylic acids is 1. The first kappa shape index (κ1) is 10.1. The fourth-order valence-electron chi connectivity index (χ4n) is 1.30. The third-order valence-electron chi connectivity index (χ3n) is 2.07. The van der Waals surface area contributed by atoms with Crippen LogP contribution >= 0.6 is 0 Å². The molecule has 7 heteroatoms. The van der Waals surface area contributed by atoms with Gasteiger partial charge in [0.05, 0.1) is 12.1 Å². The predicted molar refractivity (Wildman–Crippen MR) is 54.7 cm³/mol. The van der Waals surface area contributed by atoms with Gasteiger partial charge < -0.3 is 10.8 Å². The van der Waals surface area contributed by atoms with E-state index in [-0.39, 0.29) is 11.5 Å². The highest BCUT2D eigenvalue weighted by molar-refractivity contribution is 5.87. The second-order valence-electron chi connectivity index (χ2n) is 3.20. The van der Waals surface area contributed by atoms with Crippen molar-refractivity contribution in [3.8, 4) is 0 Å². The molecule has 0 aliphatic rings. The quantitative estimate of drug-likeness (QED) is 0.752. The normalized spacial score (nSPS) is 10.2. The smallest absolute Gasteiger partial charge is 0.335 e. The number of nitrogen functional groups attached to an aromatic ring is 1. The summed E-state index contributed by atoms with van der Waals surface area (Å²) in [5, 5.41) is 19.4. The summed E-state index contributed by atoms with van der Waals surface area (Å²) < 4.78 is 1.39. The van der Waals surface area contributed by atoms with Crippen molar-refractivity contribution >= 4 is 11.9 Å². The SMILES string of the molecule is Nc1nnnn1Cc1cccc(C(=O)O)c1. The fraction of sp³-hybridized carbons (Fsp3) is 0.111. The molecule has 0 aliphatic heterocycles. The lowest BCUT2D eigenvalue weighted by Crippen LogP contribution is -2.07. The molecule has 0 unspecified atom stereocenters. The summed E-state index contributed by atoms with van der Waals surface area (Å²) in [6.45, 7) is 0.347. The van der Waals surface area contributed by atoms with Crippen LogP contribution in [0.2, 0.25) is 0 Å². The summed E-state index contributed by atoms with van der Waals surface area (Å²) >= 11 is 0. The Morgan fingerprint density at radius 2 is 2.31 bits per heavy atom. The Morgan fingerprint density at radius 1 is 1.50 bits per heavy atom. The summed E-state index contributed by atoms with van der Waals surface area (Å²) in [5.41, 5.74) is 6.50. The van der Waals surface area contributed by atoms with E-state index in [1.165, 1.54) is 10.7 Å². The molecule has 0 bridgehead atoms. The number of anilines is 1. The van der Waals surface area contributed by atoms with Crippen LogP contribution in [0.15, 0.2) is 24.3 Å². The van der Waals surface area contributed by atoms with Crippen LogP contribution in [0.4, 0.5) is 5.95 Å². The number of tetrazole rings is 1. The third-order valence-corrected chi connectivity index (χ3v) is 2.07. The highest BCUT2D eigenvalue weighted by Gasteiger charge is 2.06. The van der Waals surface area contributed by atoms with Crippen LogP contribution < -0.4 is 5.73 Å². The van der Waals surface area contributed by atoms with Gasteiger partial charge in [-0.1, -0.05) is 17.2 Å². The summed E-state index contributed by atoms with van der Waals surface area (Å²) in [5.74, 6) is -0.771. The molecule has 2 aromatic rings. The van der Waals surface area contributed by atoms with Gasteiger partial charge in [-0.2, -0.15) is 0 Å². The van der Waals surface area contributed by atoms with Gasteiger partial charge in [0, 0.05) is 0 Å². The molecule has 0 amide bonds. The molecule has 0 spiro atoms. The highest BCUT2D eigenvalue weighted by atomic mass is 16.4. The van der Waals surface area contributed by atoms with E-state index in [1.807, 2.05) is 0 Å². The molecular formula is C9H9N5O2. The van der Waals surface area contributed by atoms with Gasteiger partial charge in [0.25, 0.3) is 0 Å². The van der Waals surface area contributed by atoms with Gasteiger partial charge in [0.15, 0.2) is 0 Å². The number of carbonyl (C=O) groups is 1. The van der Waals surface area contributed by atoms with Crippen molar-refractivity contribution in [3.63, 3.8) is 0 Å². The van der Waals surface area contributed by atoms with E-state index in [0.717, 1.165) is 5.56 Å². The maximum Gasteiger partial charge on any atom is 0.335 e. The molecule has 1 aromatic carbocycles. The lowest BCUT2D eigenvalue weighted by atomic mass is 10.1. The Balaban J connectivity index is 2.25. The van der Waals surface area contributed by atoms with Crippen LogP contribution in [0.5, 0.6) is 0 Å². The minimum absolute atomic E-state index is 0.195. The fourth-order valence-corrected chi connectivity index (χ4v) is 1.30. The van der Waals surface area contributed by atoms with E-state index in [0.29, 0.717) is 6.54 Å². The van der Waals surface area contributed by atoms with Gasteiger partial charge in [-0.05, 0) is 28.1 Å². The maximum atomic E-state index is 10.8. The third kappa shape index (κ3) is 1.97. The lowest BCUT2D eigenvalue weighted by Gasteiger charge is -2.02. The molecule has 7 nitrogen and oxygen atoms in total. The number of rotatable bonds is 3. The molecule has 0 fully saturated rings. The molecule has 82 valence electrons. The number of aromatic nitrogens is 4. The van der Waals surface area contributed by atoms with Crippen molar-refractivity contribution < 1.29 is 9.90 Å². The number of aromatic carboxylic acids is 1. The van der Waals surface area contributed by atoms with Gasteiger partial charge in [0.1, 0.15) is 0 Å². The van der Waals surface area contributed by atoms with Gasteiger partial charge in [-0.15, -0.1) is 0 Å². The summed E-state index contributed by atoms with van der Waals surface area (Å²) in [4.78, 5) is 10.8. The largest absolute Gasteiger partial charge is 0.478 e. The first-order valence-corrected chi connectivity index (χ1v) is 4.50. The predicted octanol–water partition coefficient (Wildman–Crippen LogP) is 0.00180. The minimum Gasteiger partial charge on any atom is -0.478 e. The molecule has 0 atom stereocenters. The molecular weight excluding hydrogens is 210 g/mol. The Labute approximate surface area is 90.5 Å². The second-order valence-corrected chi connectivity index (χ2v) is 3.20. The monoisotopic (exact) mass is 219 g/mol. The maximum absolute atomic E-state index is 10.8. The van der Waals surface area contributed by atoms with Crippen LogP contribution in [0.1, 0.15) is 15.9 Å². The van der Waals surface area contributed by atoms with Gasteiger partial charge in [-0.25, -0.2) is 9.48 Å². The zero-order valence-electron chi connectivity index (χ0n) is 8.24. The molecule has 1 heterocycles. The van der Waals surface area contributed by atoms with Crippen molar-refractivity contribution in [2.45, 2.75) is 6.54 Å². The van der Waals surface area contributed by atoms with Crippen LogP contribution in [-0.4, -0.2) is 31.3 Å². The standard InChI is InChI=1S/C9H9N5O2/c10-9-11-12-13-14(9)5-6-2-1-3-7(4-6)8(15)16/h1-4H,5H2,(H,15,16)(H2,10,11,13). The Bertz CT molecular complexity index is 522. The average Bonchev–Trinajstić information content (AvgIpc) is 2.65. The number of hydrogen-bond acceptors (Lipinski definition) is 5. The molecule has 16 heavy (non-hydrogen) atoms. The molecule has 0 saturated heterocycles. The van der Waals surface area contributed by atoms with Gasteiger partial charge in [-0.3, -0.25) is 0 Å². The van der Waals surface area contributed by atoms with Gasteiger partial charge >= 0.3 is 5.97 Å². The van der Waals surface area contributed by atoms with Crippen molar-refractivity contribution in [1.29, 1.82) is 0 Å². The van der Waals surface area contributed by atoms with E-state index in [1.54, 1.807) is 18.2 Å². The molecule has 0 aliphatic carbocycles. The molecule has 1 aromatic heterocycles. The van der Waals surface area contributed by atoms with Crippen LogP contribution in [-0.2, 0) is 6.54 Å². The van der Waals surface area contributed by atoms with Crippen molar-refractivity contribution in [2.75, 3.05) is 5.73 Å². The van der Waals surface area contributed by atoms with Crippen molar-refractivity contribution in [2.24, 2.45) is 0 Å². The van der Waals surface area contributed by atoms with Crippen LogP contribution in [0, 0.1) is 0 Å². The molecule has 0 saturated carbocycles. The van der Waals surface area contributed by atoms with E-state index in [9.17, 15) is 4.79 Å². The summed E-state index contributed by atoms with van der Waals surface area (Å²) in [6.07, 6.45) is 0. The van der Waals surface area contributed by atoms with Crippen LogP contribution in [0.3, 0.4) is 0 Å². The number of benzene rings is 1. The van der Waals surface area contributed by atoms with Gasteiger partial charge in [0.2, 0.25) is 5.95 Å². The van der Waals surface area contributed by atoms with Crippen molar-refractivity contribution in [3.05, 3.63) is 35.4 Å². The number of hydrogen-bond donors (Lipinski definition) is 2. The Morgan fingerprint density at radius 3 is 2.94 bits per heavy atom. The zero-order valence-corrected chi connectivity index (χ0v) is 8.24.